The standard InChI is InChI=1S/C45H52BClN8O12S2/c1-25(39(58)66-46)67-51-32(31-35(47)69-41(49-31)50-42(60)64-44(2,3)4)36(56)48-33-37(57)55-34(40(59)63-23-26-13-15-28(62-9)16-14-26)27(24-68-38(33)55)22-54-19-10-12-29-30(54)17-21-53(29)20-11-18-52(8)43(61)65-45(5,6)7/h10,12-17,19,21,25,33,38H,11,18,20,22-24H2,1-9H3,(H-,48,49,50,56,60)/p+1/b51-32-/t25-,33?,38?/m0/s1. The van der Waals surface area contributed by atoms with E-state index >= 15 is 0 Å². The van der Waals surface area contributed by atoms with E-state index in [0.717, 1.165) is 22.4 Å². The zero-order valence-electron chi connectivity index (χ0n) is 39.5. The number of anilines is 1. The molecule has 4 amide bonds. The van der Waals surface area contributed by atoms with Gasteiger partial charge in [-0.3, -0.25) is 19.8 Å². The van der Waals surface area contributed by atoms with Crippen LogP contribution in [0.1, 0.15) is 66.1 Å². The molecule has 20 nitrogen and oxygen atoms in total. The predicted molar refractivity (Wildman–Crippen MR) is 256 cm³/mol. The summed E-state index contributed by atoms with van der Waals surface area (Å²) < 4.78 is 30.1. The first-order valence-corrected chi connectivity index (χ1v) is 23.8. The molecule has 1 fully saturated rings. The highest BCUT2D eigenvalue weighted by molar-refractivity contribution is 8.00. The summed E-state index contributed by atoms with van der Waals surface area (Å²) in [5, 5.41) is 8.15. The molecule has 2 radical (unpaired) electrons. The summed E-state index contributed by atoms with van der Waals surface area (Å²) in [4.78, 5) is 92.1. The third-order valence-corrected chi connectivity index (χ3v) is 12.7. The lowest BCUT2D eigenvalue weighted by Gasteiger charge is -2.49. The van der Waals surface area contributed by atoms with Gasteiger partial charge in [-0.25, -0.2) is 24.2 Å². The largest absolute Gasteiger partial charge is 0.541 e. The van der Waals surface area contributed by atoms with E-state index in [1.165, 1.54) is 23.6 Å². The van der Waals surface area contributed by atoms with Crippen LogP contribution in [0.4, 0.5) is 14.7 Å². The topological polar surface area (TPSA) is 222 Å². The van der Waals surface area contributed by atoms with Crippen LogP contribution in [0.5, 0.6) is 5.75 Å². The van der Waals surface area contributed by atoms with Gasteiger partial charge in [-0.15, -0.1) is 11.8 Å². The second kappa shape index (κ2) is 22.0. The predicted octanol–water partition coefficient (Wildman–Crippen LogP) is 5.48. The minimum atomic E-state index is -1.39. The number of hydrogen-bond acceptors (Lipinski definition) is 16. The second-order valence-corrected chi connectivity index (χ2v) is 20.5. The lowest BCUT2D eigenvalue weighted by Crippen LogP contribution is -2.71. The molecule has 3 atom stereocenters. The number of carbonyl (C=O) groups is 6. The van der Waals surface area contributed by atoms with Gasteiger partial charge in [0, 0.05) is 49.8 Å². The van der Waals surface area contributed by atoms with Crippen LogP contribution in [0.25, 0.3) is 11.0 Å². The average Bonchev–Trinajstić information content (AvgIpc) is 3.87. The number of nitrogens with zero attached hydrogens (tertiary/aromatic N) is 6. The Bertz CT molecular complexity index is 2660. The van der Waals surface area contributed by atoms with Crippen molar-refractivity contribution in [2.24, 2.45) is 5.16 Å². The number of thiazole rings is 1. The number of β-lactam (4-membered cyclic amide) rings is 1. The van der Waals surface area contributed by atoms with Crippen LogP contribution in [0.2, 0.25) is 4.34 Å². The molecule has 5 heterocycles. The molecular weight excluding hydrogens is 955 g/mol. The molecule has 2 aliphatic heterocycles. The van der Waals surface area contributed by atoms with E-state index in [0.29, 0.717) is 36.4 Å². The molecule has 3 aromatic heterocycles. The number of ether oxygens (including phenoxy) is 4. The Morgan fingerprint density at radius 3 is 2.43 bits per heavy atom. The molecule has 2 unspecified atom stereocenters. The fraction of sp³-hybridized carbons (Fsp3) is 0.444. The minimum absolute atomic E-state index is 0.0311. The SMILES string of the molecule is [B]OC(=O)[C@H](C)O/N=C(\C(=O)NC1C(=O)N2C(C(=O)OCc3ccc(OC)cc3)=C(C[n+]3cccc4c3ccn4CCCN(C)C(=O)OC(C)(C)C)CSC12)c1nc(NC(=O)OC(C)(C)C)sc1Cl. The van der Waals surface area contributed by atoms with E-state index in [2.05, 4.69) is 30.0 Å². The molecule has 6 rings (SSSR count). The van der Waals surface area contributed by atoms with Crippen molar-refractivity contribution in [1.82, 2.24) is 24.7 Å². The molecule has 4 aromatic rings. The Balaban J connectivity index is 1.25. The maximum absolute atomic E-state index is 14.3. The molecule has 0 saturated carbocycles. The van der Waals surface area contributed by atoms with Crippen LogP contribution in [-0.2, 0) is 62.6 Å². The van der Waals surface area contributed by atoms with Crippen molar-refractivity contribution in [2.75, 3.05) is 31.8 Å². The van der Waals surface area contributed by atoms with Crippen molar-refractivity contribution in [2.45, 2.75) is 103 Å². The number of halogens is 1. The van der Waals surface area contributed by atoms with Gasteiger partial charge in [0.25, 0.3) is 11.8 Å². The molecule has 1 aromatic carbocycles. The number of amides is 4. The number of fused-ring (bicyclic) bond motifs is 2. The summed E-state index contributed by atoms with van der Waals surface area (Å²) in [6, 6.07) is 11.6. The lowest BCUT2D eigenvalue weighted by atomic mass is 10.0. The molecule has 1 saturated heterocycles. The Hall–Kier alpha value is -6.33. The van der Waals surface area contributed by atoms with Crippen molar-refractivity contribution in [1.29, 1.82) is 0 Å². The molecule has 2 aliphatic rings. The molecule has 0 aliphatic carbocycles. The number of thioether (sulfide) groups is 1. The highest BCUT2D eigenvalue weighted by atomic mass is 35.5. The van der Waals surface area contributed by atoms with Gasteiger partial charge in [-0.2, -0.15) is 4.57 Å². The van der Waals surface area contributed by atoms with Crippen LogP contribution in [0.15, 0.2) is 71.3 Å². The highest BCUT2D eigenvalue weighted by Crippen LogP contribution is 2.41. The number of hydrogen-bond donors (Lipinski definition) is 2. The van der Waals surface area contributed by atoms with E-state index in [-0.39, 0.29) is 39.8 Å². The molecular formula is C45H53BClN8O12S2+. The number of benzene rings is 1. The number of aromatic nitrogens is 3. The zero-order valence-corrected chi connectivity index (χ0v) is 41.9. The van der Waals surface area contributed by atoms with Gasteiger partial charge in [0.1, 0.15) is 56.2 Å². The molecule has 24 heteroatoms. The number of rotatable bonds is 17. The summed E-state index contributed by atoms with van der Waals surface area (Å²) in [5.74, 6) is -2.50. The number of nitrogens with one attached hydrogen (secondary N) is 2. The number of pyridine rings is 1. The van der Waals surface area contributed by atoms with Gasteiger partial charge in [-0.1, -0.05) is 40.2 Å². The van der Waals surface area contributed by atoms with E-state index in [4.69, 9.17) is 43.4 Å². The summed E-state index contributed by atoms with van der Waals surface area (Å²) in [6.07, 6.45) is 1.85. The van der Waals surface area contributed by atoms with Crippen molar-refractivity contribution in [3.05, 3.63) is 81.7 Å². The molecule has 0 bridgehead atoms. The Morgan fingerprint density at radius 1 is 1.06 bits per heavy atom. The third kappa shape index (κ3) is 13.1. The number of carbonyl (C=O) groups excluding carboxylic acids is 6. The lowest BCUT2D eigenvalue weighted by molar-refractivity contribution is -0.663. The Labute approximate surface area is 413 Å². The van der Waals surface area contributed by atoms with E-state index in [9.17, 15) is 28.8 Å². The smallest absolute Gasteiger partial charge is 0.413 e. The second-order valence-electron chi connectivity index (χ2n) is 17.8. The fourth-order valence-corrected chi connectivity index (χ4v) is 9.33. The van der Waals surface area contributed by atoms with Gasteiger partial charge in [0.05, 0.1) is 7.11 Å². The molecule has 0 spiro atoms. The van der Waals surface area contributed by atoms with Gasteiger partial charge in [-0.05, 0) is 78.6 Å². The highest BCUT2D eigenvalue weighted by Gasteiger charge is 2.55. The number of methoxy groups -OCH3 is 1. The van der Waals surface area contributed by atoms with E-state index in [1.807, 2.05) is 55.9 Å². The summed E-state index contributed by atoms with van der Waals surface area (Å²) in [7, 11) is 8.25. The average molecular weight is 1010 g/mol. The summed E-state index contributed by atoms with van der Waals surface area (Å²) >= 11 is 8.63. The van der Waals surface area contributed by atoms with Gasteiger partial charge in [0.2, 0.25) is 11.6 Å². The van der Waals surface area contributed by atoms with Crippen LogP contribution in [-0.4, -0.2) is 124 Å². The van der Waals surface area contributed by atoms with Crippen molar-refractivity contribution in [3.8, 4) is 5.75 Å². The van der Waals surface area contributed by atoms with Crippen LogP contribution < -0.4 is 19.9 Å². The number of aryl methyl sites for hydroxylation is 1. The maximum atomic E-state index is 14.3. The van der Waals surface area contributed by atoms with Gasteiger partial charge >= 0.3 is 32.2 Å². The Kier molecular flexibility index (Phi) is 16.6. The normalized spacial score (nSPS) is 16.5. The number of esters is 1. The summed E-state index contributed by atoms with van der Waals surface area (Å²) in [5.41, 5.74) is 0.819. The number of oxime groups is 1. The minimum Gasteiger partial charge on any atom is -0.541 e. The first-order valence-electron chi connectivity index (χ1n) is 21.6. The zero-order chi connectivity index (χ0) is 50.4. The molecule has 366 valence electrons. The molecule has 69 heavy (non-hydrogen) atoms. The van der Waals surface area contributed by atoms with Gasteiger partial charge in [0.15, 0.2) is 23.6 Å². The quantitative estimate of drug-likeness (QED) is 0.0254. The first kappa shape index (κ1) is 52.1. The maximum Gasteiger partial charge on any atom is 0.413 e. The Morgan fingerprint density at radius 2 is 1.77 bits per heavy atom. The van der Waals surface area contributed by atoms with E-state index in [1.54, 1.807) is 64.1 Å². The molecule has 2 N–H and O–H groups in total. The van der Waals surface area contributed by atoms with Crippen molar-refractivity contribution >= 4 is 101 Å². The van der Waals surface area contributed by atoms with Crippen LogP contribution >= 0.6 is 34.7 Å². The van der Waals surface area contributed by atoms with Gasteiger partial charge < -0.3 is 43.2 Å². The third-order valence-electron chi connectivity index (χ3n) is 10.2. The monoisotopic (exact) mass is 1010 g/mol. The van der Waals surface area contributed by atoms with Crippen LogP contribution in [0, 0.1) is 0 Å². The summed E-state index contributed by atoms with van der Waals surface area (Å²) in [6.45, 7) is 12.9. The first-order chi connectivity index (χ1) is 32.6. The van der Waals surface area contributed by atoms with E-state index < -0.39 is 70.4 Å². The van der Waals surface area contributed by atoms with Crippen LogP contribution in [0.3, 0.4) is 0 Å². The van der Waals surface area contributed by atoms with Crippen molar-refractivity contribution < 1.29 is 61.8 Å². The fourth-order valence-electron chi connectivity index (χ4n) is 6.96. The van der Waals surface area contributed by atoms with Crippen molar-refractivity contribution in [3.63, 3.8) is 0 Å².